The van der Waals surface area contributed by atoms with Gasteiger partial charge in [-0.25, -0.2) is 4.79 Å². The average Bonchev–Trinajstić information content (AvgIpc) is 2.94. The van der Waals surface area contributed by atoms with Crippen LogP contribution < -0.4 is 5.73 Å². The molecular weight excluding hydrogens is 320 g/mol. The highest BCUT2D eigenvalue weighted by atomic mass is 32.1. The van der Waals surface area contributed by atoms with Gasteiger partial charge in [-0.3, -0.25) is 0 Å². The summed E-state index contributed by atoms with van der Waals surface area (Å²) in [6.45, 7) is 2.69. The Balaban J connectivity index is 2.07. The summed E-state index contributed by atoms with van der Waals surface area (Å²) >= 11 is 5.05. The van der Waals surface area contributed by atoms with Crippen molar-refractivity contribution in [2.45, 2.75) is 13.5 Å². The first-order valence-electron chi connectivity index (χ1n) is 7.74. The molecule has 0 fully saturated rings. The largest absolute Gasteiger partial charge is 0.461 e. The van der Waals surface area contributed by atoms with Gasteiger partial charge in [0.05, 0.1) is 6.61 Å². The van der Waals surface area contributed by atoms with Crippen LogP contribution in [0.4, 0.5) is 0 Å². The van der Waals surface area contributed by atoms with Crippen LogP contribution >= 0.6 is 12.2 Å². The van der Waals surface area contributed by atoms with E-state index < -0.39 is 0 Å². The number of benzene rings is 2. The summed E-state index contributed by atoms with van der Waals surface area (Å²) in [6.07, 6.45) is 0. The van der Waals surface area contributed by atoms with Crippen LogP contribution in [0.5, 0.6) is 0 Å². The first-order chi connectivity index (χ1) is 11.6. The van der Waals surface area contributed by atoms with E-state index in [4.69, 9.17) is 22.7 Å². The predicted octanol–water partition coefficient (Wildman–Crippen LogP) is 3.50. The van der Waals surface area contributed by atoms with Crippen molar-refractivity contribution in [1.82, 2.24) is 4.57 Å². The molecule has 0 aliphatic rings. The van der Waals surface area contributed by atoms with Crippen LogP contribution in [0.3, 0.4) is 0 Å². The number of hydrogen-bond donors (Lipinski definition) is 1. The number of thiocarbonyl (C=S) groups is 1. The molecule has 3 rings (SSSR count). The second-order valence-electron chi connectivity index (χ2n) is 5.46. The van der Waals surface area contributed by atoms with Crippen molar-refractivity contribution in [3.8, 4) is 0 Å². The van der Waals surface area contributed by atoms with E-state index in [1.54, 1.807) is 6.92 Å². The first-order valence-corrected chi connectivity index (χ1v) is 8.15. The maximum atomic E-state index is 12.3. The topological polar surface area (TPSA) is 57.2 Å². The van der Waals surface area contributed by atoms with Gasteiger partial charge in [0, 0.05) is 23.0 Å². The van der Waals surface area contributed by atoms with E-state index in [1.807, 2.05) is 59.2 Å². The molecule has 0 aliphatic carbocycles. The van der Waals surface area contributed by atoms with Gasteiger partial charge in [0.15, 0.2) is 0 Å². The molecule has 122 valence electrons. The van der Waals surface area contributed by atoms with Crippen LogP contribution in [0.1, 0.15) is 28.5 Å². The number of fused-ring (bicyclic) bond motifs is 1. The summed E-state index contributed by atoms with van der Waals surface area (Å²) in [4.78, 5) is 12.7. The number of carbonyl (C=O) groups is 1. The van der Waals surface area contributed by atoms with Gasteiger partial charge in [-0.2, -0.15) is 0 Å². The summed E-state index contributed by atoms with van der Waals surface area (Å²) < 4.78 is 7.16. The molecular formula is C19H18N2O2S. The summed E-state index contributed by atoms with van der Waals surface area (Å²) in [5.74, 6) is -0.320. The molecule has 24 heavy (non-hydrogen) atoms. The molecule has 5 heteroatoms. The summed E-state index contributed by atoms with van der Waals surface area (Å²) in [5, 5.41) is 1.01. The highest BCUT2D eigenvalue weighted by Crippen LogP contribution is 2.22. The number of esters is 1. The number of para-hydroxylation sites is 1. The van der Waals surface area contributed by atoms with Crippen molar-refractivity contribution in [1.29, 1.82) is 0 Å². The van der Waals surface area contributed by atoms with Gasteiger partial charge >= 0.3 is 5.97 Å². The van der Waals surface area contributed by atoms with Crippen LogP contribution in [-0.2, 0) is 11.3 Å². The molecule has 0 unspecified atom stereocenters. The van der Waals surface area contributed by atoms with Crippen LogP contribution in [0.2, 0.25) is 0 Å². The smallest absolute Gasteiger partial charge is 0.354 e. The lowest BCUT2D eigenvalue weighted by Gasteiger charge is -2.11. The van der Waals surface area contributed by atoms with E-state index >= 15 is 0 Å². The van der Waals surface area contributed by atoms with E-state index in [9.17, 15) is 4.79 Å². The van der Waals surface area contributed by atoms with Crippen molar-refractivity contribution >= 4 is 34.1 Å². The van der Waals surface area contributed by atoms with Gasteiger partial charge < -0.3 is 15.0 Å². The molecule has 0 spiro atoms. The lowest BCUT2D eigenvalue weighted by Crippen LogP contribution is -2.14. The molecule has 2 N–H and O–H groups in total. The molecule has 0 atom stereocenters. The third-order valence-electron chi connectivity index (χ3n) is 3.85. The number of nitrogens with zero attached hydrogens (tertiary/aromatic N) is 1. The van der Waals surface area contributed by atoms with Crippen molar-refractivity contribution in [3.05, 3.63) is 71.4 Å². The Morgan fingerprint density at radius 1 is 1.17 bits per heavy atom. The maximum absolute atomic E-state index is 12.3. The fraction of sp³-hybridized carbons (Fsp3) is 0.158. The second kappa shape index (κ2) is 6.84. The Hall–Kier alpha value is -2.66. The highest BCUT2D eigenvalue weighted by Gasteiger charge is 2.16. The molecule has 1 aromatic heterocycles. The van der Waals surface area contributed by atoms with E-state index in [2.05, 4.69) is 0 Å². The minimum Gasteiger partial charge on any atom is -0.461 e. The Bertz CT molecular complexity index is 915. The van der Waals surface area contributed by atoms with Crippen molar-refractivity contribution in [2.24, 2.45) is 5.73 Å². The third-order valence-corrected chi connectivity index (χ3v) is 4.08. The molecule has 0 amide bonds. The molecule has 2 aromatic carbocycles. The first kappa shape index (κ1) is 16.2. The fourth-order valence-electron chi connectivity index (χ4n) is 2.76. The zero-order valence-corrected chi connectivity index (χ0v) is 14.2. The molecule has 0 radical (unpaired) electrons. The zero-order chi connectivity index (χ0) is 17.1. The van der Waals surface area contributed by atoms with Crippen LogP contribution in [-0.4, -0.2) is 22.1 Å². The lowest BCUT2D eigenvalue weighted by molar-refractivity contribution is 0.0515. The second-order valence-corrected chi connectivity index (χ2v) is 5.90. The molecule has 0 saturated carbocycles. The van der Waals surface area contributed by atoms with Gasteiger partial charge in [-0.15, -0.1) is 0 Å². The maximum Gasteiger partial charge on any atom is 0.354 e. The van der Waals surface area contributed by atoms with Gasteiger partial charge in [-0.05, 0) is 30.7 Å². The van der Waals surface area contributed by atoms with Crippen molar-refractivity contribution < 1.29 is 9.53 Å². The Morgan fingerprint density at radius 3 is 2.71 bits per heavy atom. The Kier molecular flexibility index (Phi) is 4.62. The zero-order valence-electron chi connectivity index (χ0n) is 13.4. The van der Waals surface area contributed by atoms with Gasteiger partial charge in [0.1, 0.15) is 10.7 Å². The lowest BCUT2D eigenvalue weighted by atomic mass is 10.1. The number of rotatable bonds is 5. The molecule has 1 heterocycles. The minimum atomic E-state index is -0.320. The number of nitrogens with two attached hydrogens (primary N) is 1. The van der Waals surface area contributed by atoms with Crippen molar-refractivity contribution in [3.63, 3.8) is 0 Å². The van der Waals surface area contributed by atoms with Crippen LogP contribution in [0.25, 0.3) is 10.9 Å². The number of hydrogen-bond acceptors (Lipinski definition) is 3. The number of aromatic nitrogens is 1. The van der Waals surface area contributed by atoms with Crippen LogP contribution in [0.15, 0.2) is 54.6 Å². The van der Waals surface area contributed by atoms with E-state index in [0.717, 1.165) is 22.0 Å². The summed E-state index contributed by atoms with van der Waals surface area (Å²) in [7, 11) is 0. The number of carbonyl (C=O) groups excluding carboxylic acids is 1. The summed E-state index contributed by atoms with van der Waals surface area (Å²) in [5.41, 5.74) is 9.08. The van der Waals surface area contributed by atoms with Gasteiger partial charge in [-0.1, -0.05) is 48.6 Å². The molecule has 0 aliphatic heterocycles. The monoisotopic (exact) mass is 338 g/mol. The van der Waals surface area contributed by atoms with E-state index in [-0.39, 0.29) is 5.97 Å². The Labute approximate surface area is 145 Å². The van der Waals surface area contributed by atoms with Crippen LogP contribution in [0, 0.1) is 0 Å². The molecule has 0 bridgehead atoms. The quantitative estimate of drug-likeness (QED) is 0.571. The Morgan fingerprint density at radius 2 is 1.96 bits per heavy atom. The molecule has 3 aromatic rings. The summed E-state index contributed by atoms with van der Waals surface area (Å²) in [6, 6.07) is 17.5. The normalized spacial score (nSPS) is 10.7. The number of ether oxygens (including phenoxy) is 1. The standard InChI is InChI=1S/C19H18N2O2S/c1-2-23-19(22)17-11-14-7-3-4-9-16(14)21(17)12-13-6-5-8-15(10-13)18(20)24/h3-11H,2,12H2,1H3,(H2,20,24). The molecule has 4 nitrogen and oxygen atoms in total. The van der Waals surface area contributed by atoms with Gasteiger partial charge in [0.25, 0.3) is 0 Å². The van der Waals surface area contributed by atoms with Gasteiger partial charge in [0.2, 0.25) is 0 Å². The fourth-order valence-corrected chi connectivity index (χ4v) is 2.89. The third kappa shape index (κ3) is 3.16. The SMILES string of the molecule is CCOC(=O)c1cc2ccccc2n1Cc1cccc(C(N)=S)c1. The predicted molar refractivity (Wildman–Crippen MR) is 99.3 cm³/mol. The average molecular weight is 338 g/mol. The van der Waals surface area contributed by atoms with E-state index in [1.165, 1.54) is 0 Å². The highest BCUT2D eigenvalue weighted by molar-refractivity contribution is 7.80. The van der Waals surface area contributed by atoms with E-state index in [0.29, 0.717) is 23.8 Å². The van der Waals surface area contributed by atoms with Crippen molar-refractivity contribution in [2.75, 3.05) is 6.61 Å². The molecule has 0 saturated heterocycles. The minimum absolute atomic E-state index is 0.320.